The van der Waals surface area contributed by atoms with Gasteiger partial charge < -0.3 is 23.7 Å². The molecule has 0 N–H and O–H groups in total. The van der Waals surface area contributed by atoms with E-state index in [1.54, 1.807) is 6.92 Å². The Hall–Kier alpha value is -0.940. The average Bonchev–Trinajstić information content (AvgIpc) is 2.42. The van der Waals surface area contributed by atoms with Gasteiger partial charge in [-0.25, -0.2) is 0 Å². The summed E-state index contributed by atoms with van der Waals surface area (Å²) in [6.45, 7) is 5.70. The van der Waals surface area contributed by atoms with Gasteiger partial charge >= 0.3 is 17.9 Å². The molecule has 0 aliphatic carbocycles. The molecule has 8 nitrogen and oxygen atoms in total. The van der Waals surface area contributed by atoms with Crippen LogP contribution in [0.3, 0.4) is 0 Å². The highest BCUT2D eigenvalue weighted by molar-refractivity contribution is 14.1. The first kappa shape index (κ1) is 20.1. The number of carbonyl (C=O) groups is 3. The Morgan fingerprint density at radius 1 is 0.913 bits per heavy atom. The van der Waals surface area contributed by atoms with Crippen LogP contribution in [0.1, 0.15) is 27.7 Å². The van der Waals surface area contributed by atoms with Gasteiger partial charge in [0, 0.05) is 25.2 Å². The van der Waals surface area contributed by atoms with E-state index in [0.717, 1.165) is 0 Å². The molecule has 2 unspecified atom stereocenters. The van der Waals surface area contributed by atoms with Crippen molar-refractivity contribution in [2.24, 2.45) is 0 Å². The molecule has 132 valence electrons. The summed E-state index contributed by atoms with van der Waals surface area (Å²) in [5.41, 5.74) is 0. The number of esters is 3. The van der Waals surface area contributed by atoms with E-state index in [1.165, 1.54) is 20.8 Å². The topological polar surface area (TPSA) is 97.4 Å². The van der Waals surface area contributed by atoms with E-state index in [-0.39, 0.29) is 0 Å². The first-order valence-electron chi connectivity index (χ1n) is 7.11. The molecule has 0 amide bonds. The molecule has 5 atom stereocenters. The average molecular weight is 444 g/mol. The molecule has 1 aliphatic rings. The van der Waals surface area contributed by atoms with Gasteiger partial charge in [0.2, 0.25) is 0 Å². The number of alkyl halides is 1. The third kappa shape index (κ3) is 6.22. The van der Waals surface area contributed by atoms with Gasteiger partial charge in [0.25, 0.3) is 0 Å². The first-order chi connectivity index (χ1) is 10.8. The monoisotopic (exact) mass is 444 g/mol. The van der Waals surface area contributed by atoms with Gasteiger partial charge in [-0.3, -0.25) is 14.4 Å². The number of ether oxygens (including phenoxy) is 5. The maximum absolute atomic E-state index is 11.4. The second kappa shape index (κ2) is 9.38. The fourth-order valence-electron chi connectivity index (χ4n) is 2.26. The number of halogens is 1. The fraction of sp³-hybridized carbons (Fsp3) is 0.786. The Balaban J connectivity index is 3.08. The van der Waals surface area contributed by atoms with E-state index in [0.29, 0.717) is 11.0 Å². The zero-order valence-corrected chi connectivity index (χ0v) is 15.6. The SMILES string of the molecule is CC(=O)OC1[C@H](OC(C)=O)C(C)O[C@@H](OCCI)[C@@H]1OC(C)=O. The van der Waals surface area contributed by atoms with Gasteiger partial charge in [-0.15, -0.1) is 0 Å². The summed E-state index contributed by atoms with van der Waals surface area (Å²) in [4.78, 5) is 34.1. The largest absolute Gasteiger partial charge is 0.456 e. The number of hydrogen-bond donors (Lipinski definition) is 0. The van der Waals surface area contributed by atoms with Crippen molar-refractivity contribution in [3.63, 3.8) is 0 Å². The summed E-state index contributed by atoms with van der Waals surface area (Å²) in [7, 11) is 0. The van der Waals surface area contributed by atoms with Gasteiger partial charge in [0.1, 0.15) is 0 Å². The lowest BCUT2D eigenvalue weighted by molar-refractivity contribution is -0.299. The van der Waals surface area contributed by atoms with Crippen molar-refractivity contribution in [3.05, 3.63) is 0 Å². The Morgan fingerprint density at radius 3 is 1.87 bits per heavy atom. The van der Waals surface area contributed by atoms with E-state index in [2.05, 4.69) is 22.6 Å². The summed E-state index contributed by atoms with van der Waals surface area (Å²) in [6, 6.07) is 0. The highest BCUT2D eigenvalue weighted by Gasteiger charge is 2.50. The second-order valence-corrected chi connectivity index (χ2v) is 6.07. The number of hydrogen-bond acceptors (Lipinski definition) is 8. The second-order valence-electron chi connectivity index (χ2n) is 4.99. The molecule has 1 fully saturated rings. The van der Waals surface area contributed by atoms with Crippen LogP contribution >= 0.6 is 22.6 Å². The van der Waals surface area contributed by atoms with Crippen LogP contribution in [0.2, 0.25) is 0 Å². The predicted octanol–water partition coefficient (Wildman–Crippen LogP) is 0.978. The van der Waals surface area contributed by atoms with E-state index in [4.69, 9.17) is 23.7 Å². The van der Waals surface area contributed by atoms with Crippen molar-refractivity contribution in [1.82, 2.24) is 0 Å². The Morgan fingerprint density at radius 2 is 1.39 bits per heavy atom. The maximum atomic E-state index is 11.4. The third-order valence-corrected chi connectivity index (χ3v) is 3.43. The highest BCUT2D eigenvalue weighted by atomic mass is 127. The van der Waals surface area contributed by atoms with Crippen molar-refractivity contribution in [2.75, 3.05) is 11.0 Å². The van der Waals surface area contributed by atoms with Crippen LogP contribution in [0, 0.1) is 0 Å². The molecule has 0 aromatic carbocycles. The summed E-state index contributed by atoms with van der Waals surface area (Å²) < 4.78 is 27.5. The van der Waals surface area contributed by atoms with Crippen LogP contribution in [-0.4, -0.2) is 59.6 Å². The van der Waals surface area contributed by atoms with E-state index in [9.17, 15) is 14.4 Å². The lowest BCUT2D eigenvalue weighted by atomic mass is 9.99. The first-order valence-corrected chi connectivity index (χ1v) is 8.63. The molecule has 1 saturated heterocycles. The molecule has 0 bridgehead atoms. The van der Waals surface area contributed by atoms with Crippen molar-refractivity contribution < 1.29 is 38.1 Å². The Bertz CT molecular complexity index is 440. The minimum atomic E-state index is -1.03. The molecule has 1 aliphatic heterocycles. The lowest BCUT2D eigenvalue weighted by Gasteiger charge is -2.43. The highest BCUT2D eigenvalue weighted by Crippen LogP contribution is 2.29. The summed E-state index contributed by atoms with van der Waals surface area (Å²) in [5.74, 6) is -1.74. The minimum absolute atomic E-state index is 0.362. The van der Waals surface area contributed by atoms with Gasteiger partial charge in [-0.05, 0) is 6.92 Å². The van der Waals surface area contributed by atoms with Crippen molar-refractivity contribution in [2.45, 2.75) is 58.4 Å². The molecule has 1 heterocycles. The number of rotatable bonds is 6. The molecule has 23 heavy (non-hydrogen) atoms. The summed E-state index contributed by atoms with van der Waals surface area (Å²) in [6.07, 6.45) is -4.46. The molecule has 1 rings (SSSR count). The van der Waals surface area contributed by atoms with Gasteiger partial charge in [0.15, 0.2) is 24.6 Å². The van der Waals surface area contributed by atoms with Crippen LogP contribution in [0.25, 0.3) is 0 Å². The molecular formula is C14H21IO8. The Labute approximate surface area is 148 Å². The third-order valence-electron chi connectivity index (χ3n) is 2.99. The molecule has 0 aromatic rings. The minimum Gasteiger partial charge on any atom is -0.456 e. The zero-order valence-electron chi connectivity index (χ0n) is 13.4. The zero-order chi connectivity index (χ0) is 17.6. The van der Waals surface area contributed by atoms with E-state index < -0.39 is 48.6 Å². The van der Waals surface area contributed by atoms with Crippen molar-refractivity contribution in [3.8, 4) is 0 Å². The summed E-state index contributed by atoms with van der Waals surface area (Å²) in [5, 5.41) is 0. The van der Waals surface area contributed by atoms with Gasteiger partial charge in [0.05, 0.1) is 12.7 Å². The Kier molecular flexibility index (Phi) is 8.20. The predicted molar refractivity (Wildman–Crippen MR) is 85.8 cm³/mol. The lowest BCUT2D eigenvalue weighted by Crippen LogP contribution is -2.61. The normalized spacial score (nSPS) is 30.4. The van der Waals surface area contributed by atoms with Crippen LogP contribution in [0.4, 0.5) is 0 Å². The smallest absolute Gasteiger partial charge is 0.303 e. The standard InChI is InChI=1S/C14H21IO8/c1-7-11(21-8(2)16)12(22-9(3)17)13(23-10(4)18)14(20-7)19-6-5-15/h7,11-14H,5-6H2,1-4H3/t7?,11-,12?,13-,14-/m1/s1. The van der Waals surface area contributed by atoms with Crippen LogP contribution in [0.5, 0.6) is 0 Å². The molecule has 9 heteroatoms. The molecular weight excluding hydrogens is 423 g/mol. The molecule has 0 saturated carbocycles. The fourth-order valence-corrected chi connectivity index (χ4v) is 2.52. The van der Waals surface area contributed by atoms with E-state index in [1.807, 2.05) is 0 Å². The quantitative estimate of drug-likeness (QED) is 0.259. The molecule has 0 spiro atoms. The molecule has 0 radical (unpaired) electrons. The van der Waals surface area contributed by atoms with E-state index >= 15 is 0 Å². The van der Waals surface area contributed by atoms with Gasteiger partial charge in [-0.1, -0.05) is 22.6 Å². The number of carbonyl (C=O) groups excluding carboxylic acids is 3. The van der Waals surface area contributed by atoms with Gasteiger partial charge in [-0.2, -0.15) is 0 Å². The van der Waals surface area contributed by atoms with Crippen molar-refractivity contribution in [1.29, 1.82) is 0 Å². The summed E-state index contributed by atoms with van der Waals surface area (Å²) >= 11 is 2.12. The van der Waals surface area contributed by atoms with Crippen LogP contribution in [-0.2, 0) is 38.1 Å². The van der Waals surface area contributed by atoms with Crippen LogP contribution < -0.4 is 0 Å². The van der Waals surface area contributed by atoms with Crippen LogP contribution in [0.15, 0.2) is 0 Å². The maximum Gasteiger partial charge on any atom is 0.303 e. The molecule has 0 aromatic heterocycles. The van der Waals surface area contributed by atoms with Crippen molar-refractivity contribution >= 4 is 40.5 Å².